The molecule has 2 rings (SSSR count). The highest BCUT2D eigenvalue weighted by molar-refractivity contribution is 7.91. The maximum absolute atomic E-state index is 11.4. The molecule has 7 heteroatoms. The fraction of sp³-hybridized carbons (Fsp3) is 0.917. The van der Waals surface area contributed by atoms with Crippen molar-refractivity contribution in [3.8, 4) is 0 Å². The summed E-state index contributed by atoms with van der Waals surface area (Å²) in [5.41, 5.74) is 5.18. The van der Waals surface area contributed by atoms with Crippen molar-refractivity contribution in [2.75, 3.05) is 31.1 Å². The lowest BCUT2D eigenvalue weighted by atomic mass is 10.0. The van der Waals surface area contributed by atoms with E-state index in [-0.39, 0.29) is 5.91 Å². The molecule has 0 aromatic rings. The van der Waals surface area contributed by atoms with Gasteiger partial charge in [-0.1, -0.05) is 0 Å². The van der Waals surface area contributed by atoms with Crippen molar-refractivity contribution in [1.29, 1.82) is 0 Å². The van der Waals surface area contributed by atoms with Crippen LogP contribution in [0.1, 0.15) is 25.7 Å². The van der Waals surface area contributed by atoms with Gasteiger partial charge in [-0.25, -0.2) is 8.42 Å². The second-order valence-electron chi connectivity index (χ2n) is 5.61. The smallest absolute Gasteiger partial charge is 0.231 e. The second-order valence-corrected chi connectivity index (χ2v) is 7.91. The Morgan fingerprint density at radius 1 is 1.11 bits per heavy atom. The Morgan fingerprint density at radius 3 is 2.16 bits per heavy atom. The number of amides is 1. The fourth-order valence-corrected chi connectivity index (χ4v) is 4.36. The predicted octanol–water partition coefficient (Wildman–Crippen LogP) is -0.897. The SMILES string of the molecule is NC(=O)CN1CCC(NC2CCS(=O)(=O)CC2)CC1. The summed E-state index contributed by atoms with van der Waals surface area (Å²) in [5.74, 6) is 0.347. The van der Waals surface area contributed by atoms with Crippen molar-refractivity contribution in [2.24, 2.45) is 5.73 Å². The molecule has 1 amide bonds. The van der Waals surface area contributed by atoms with E-state index >= 15 is 0 Å². The van der Waals surface area contributed by atoms with Crippen molar-refractivity contribution in [2.45, 2.75) is 37.8 Å². The standard InChI is InChI=1S/C12H23N3O3S/c13-12(16)9-15-5-1-10(2-6-15)14-11-3-7-19(17,18)8-4-11/h10-11,14H,1-9H2,(H2,13,16). The molecule has 0 spiro atoms. The van der Waals surface area contributed by atoms with Gasteiger partial charge < -0.3 is 11.1 Å². The first-order valence-corrected chi connectivity index (χ1v) is 8.74. The van der Waals surface area contributed by atoms with E-state index in [1.807, 2.05) is 0 Å². The molecule has 0 atom stereocenters. The summed E-state index contributed by atoms with van der Waals surface area (Å²) < 4.78 is 22.7. The number of sulfone groups is 1. The van der Waals surface area contributed by atoms with Gasteiger partial charge >= 0.3 is 0 Å². The highest BCUT2D eigenvalue weighted by Crippen LogP contribution is 2.16. The van der Waals surface area contributed by atoms with Gasteiger partial charge in [-0.3, -0.25) is 9.69 Å². The third-order valence-corrected chi connectivity index (χ3v) is 5.71. The minimum atomic E-state index is -2.78. The Labute approximate surface area is 114 Å². The van der Waals surface area contributed by atoms with Crippen LogP contribution in [0.5, 0.6) is 0 Å². The highest BCUT2D eigenvalue weighted by atomic mass is 32.2. The number of nitrogens with zero attached hydrogens (tertiary/aromatic N) is 1. The normalized spacial score (nSPS) is 26.3. The highest BCUT2D eigenvalue weighted by Gasteiger charge is 2.27. The Morgan fingerprint density at radius 2 is 1.63 bits per heavy atom. The van der Waals surface area contributed by atoms with E-state index in [1.165, 1.54) is 0 Å². The summed E-state index contributed by atoms with van der Waals surface area (Å²) in [5, 5.41) is 3.56. The number of piperidine rings is 1. The van der Waals surface area contributed by atoms with Gasteiger partial charge in [0.1, 0.15) is 9.84 Å². The Balaban J connectivity index is 1.70. The lowest BCUT2D eigenvalue weighted by Gasteiger charge is -2.35. The summed E-state index contributed by atoms with van der Waals surface area (Å²) in [6, 6.07) is 0.770. The largest absolute Gasteiger partial charge is 0.369 e. The molecule has 2 fully saturated rings. The number of primary amides is 1. The van der Waals surface area contributed by atoms with Gasteiger partial charge in [0.2, 0.25) is 5.91 Å². The van der Waals surface area contributed by atoms with Gasteiger partial charge in [0.15, 0.2) is 0 Å². The van der Waals surface area contributed by atoms with Crippen LogP contribution >= 0.6 is 0 Å². The first kappa shape index (κ1) is 14.7. The average molecular weight is 289 g/mol. The van der Waals surface area contributed by atoms with Gasteiger partial charge in [0.05, 0.1) is 18.1 Å². The van der Waals surface area contributed by atoms with E-state index in [0.29, 0.717) is 30.1 Å². The summed E-state index contributed by atoms with van der Waals surface area (Å²) >= 11 is 0. The molecular weight excluding hydrogens is 266 g/mol. The van der Waals surface area contributed by atoms with Crippen LogP contribution in [-0.4, -0.2) is 62.4 Å². The number of nitrogens with two attached hydrogens (primary N) is 1. The van der Waals surface area contributed by atoms with Gasteiger partial charge in [-0.15, -0.1) is 0 Å². The quantitative estimate of drug-likeness (QED) is 0.700. The van der Waals surface area contributed by atoms with Crippen LogP contribution in [0.25, 0.3) is 0 Å². The number of carbonyl (C=O) groups excluding carboxylic acids is 1. The van der Waals surface area contributed by atoms with Crippen molar-refractivity contribution >= 4 is 15.7 Å². The zero-order chi connectivity index (χ0) is 13.9. The van der Waals surface area contributed by atoms with Crippen LogP contribution < -0.4 is 11.1 Å². The summed E-state index contributed by atoms with van der Waals surface area (Å²) in [4.78, 5) is 12.9. The minimum absolute atomic E-state index is 0.274. The molecule has 2 aliphatic heterocycles. The molecule has 0 saturated carbocycles. The summed E-state index contributed by atoms with van der Waals surface area (Å²) in [6.07, 6.45) is 3.45. The number of hydrogen-bond acceptors (Lipinski definition) is 5. The molecule has 0 radical (unpaired) electrons. The Bertz CT molecular complexity index is 402. The molecule has 2 saturated heterocycles. The molecule has 0 unspecified atom stereocenters. The van der Waals surface area contributed by atoms with E-state index in [1.54, 1.807) is 0 Å². The molecule has 6 nitrogen and oxygen atoms in total. The average Bonchev–Trinajstić information content (AvgIpc) is 2.34. The van der Waals surface area contributed by atoms with Gasteiger partial charge in [0.25, 0.3) is 0 Å². The number of hydrogen-bond donors (Lipinski definition) is 2. The van der Waals surface area contributed by atoms with Gasteiger partial charge in [0, 0.05) is 25.2 Å². The number of likely N-dealkylation sites (tertiary alicyclic amines) is 1. The van der Waals surface area contributed by atoms with Crippen LogP contribution in [0.2, 0.25) is 0 Å². The first-order valence-electron chi connectivity index (χ1n) is 6.92. The maximum Gasteiger partial charge on any atom is 0.231 e. The van der Waals surface area contributed by atoms with E-state index < -0.39 is 9.84 Å². The predicted molar refractivity (Wildman–Crippen MR) is 73.5 cm³/mol. The minimum Gasteiger partial charge on any atom is -0.369 e. The van der Waals surface area contributed by atoms with Crippen molar-refractivity contribution < 1.29 is 13.2 Å². The first-order chi connectivity index (χ1) is 8.94. The molecule has 3 N–H and O–H groups in total. The number of nitrogens with one attached hydrogen (secondary N) is 1. The van der Waals surface area contributed by atoms with Crippen LogP contribution in [0, 0.1) is 0 Å². The fourth-order valence-electron chi connectivity index (χ4n) is 2.87. The lowest BCUT2D eigenvalue weighted by molar-refractivity contribution is -0.119. The molecule has 0 bridgehead atoms. The second kappa shape index (κ2) is 6.19. The van der Waals surface area contributed by atoms with Crippen LogP contribution in [0.15, 0.2) is 0 Å². The number of carbonyl (C=O) groups is 1. The molecule has 0 aromatic heterocycles. The molecule has 110 valence electrons. The summed E-state index contributed by atoms with van der Waals surface area (Å²) in [7, 11) is -2.78. The van der Waals surface area contributed by atoms with Gasteiger partial charge in [-0.2, -0.15) is 0 Å². The third kappa shape index (κ3) is 4.74. The van der Waals surface area contributed by atoms with Crippen LogP contribution in [-0.2, 0) is 14.6 Å². The Kier molecular flexibility index (Phi) is 4.81. The van der Waals surface area contributed by atoms with Crippen molar-refractivity contribution in [3.63, 3.8) is 0 Å². The summed E-state index contributed by atoms with van der Waals surface area (Å²) in [6.45, 7) is 2.10. The zero-order valence-corrected chi connectivity index (χ0v) is 12.0. The molecule has 0 aliphatic carbocycles. The topological polar surface area (TPSA) is 92.5 Å². The van der Waals surface area contributed by atoms with E-state index in [0.717, 1.165) is 38.8 Å². The van der Waals surface area contributed by atoms with Crippen LogP contribution in [0.3, 0.4) is 0 Å². The Hall–Kier alpha value is -0.660. The number of rotatable bonds is 4. The molecule has 2 aliphatic rings. The van der Waals surface area contributed by atoms with E-state index in [9.17, 15) is 13.2 Å². The van der Waals surface area contributed by atoms with E-state index in [2.05, 4.69) is 10.2 Å². The van der Waals surface area contributed by atoms with E-state index in [4.69, 9.17) is 5.73 Å². The molecule has 19 heavy (non-hydrogen) atoms. The zero-order valence-electron chi connectivity index (χ0n) is 11.2. The van der Waals surface area contributed by atoms with Crippen LogP contribution in [0.4, 0.5) is 0 Å². The third-order valence-electron chi connectivity index (χ3n) is 3.99. The van der Waals surface area contributed by atoms with Gasteiger partial charge in [-0.05, 0) is 25.7 Å². The monoisotopic (exact) mass is 289 g/mol. The molecule has 2 heterocycles. The lowest BCUT2D eigenvalue weighted by Crippen LogP contribution is -2.49. The molecular formula is C12H23N3O3S. The van der Waals surface area contributed by atoms with Crippen molar-refractivity contribution in [1.82, 2.24) is 10.2 Å². The molecule has 0 aromatic carbocycles. The van der Waals surface area contributed by atoms with Crippen molar-refractivity contribution in [3.05, 3.63) is 0 Å². The maximum atomic E-state index is 11.4.